The first kappa shape index (κ1) is 18.7. The Hall–Kier alpha value is -1.68. The lowest BCUT2D eigenvalue weighted by molar-refractivity contribution is -0.155. The van der Waals surface area contributed by atoms with E-state index in [9.17, 15) is 22.8 Å². The fraction of sp³-hybridized carbons (Fsp3) is 0.786. The van der Waals surface area contributed by atoms with E-state index in [1.165, 1.54) is 21.6 Å². The van der Waals surface area contributed by atoms with Gasteiger partial charge in [0, 0.05) is 45.5 Å². The molecule has 0 bridgehead atoms. The third kappa shape index (κ3) is 4.23. The molecule has 0 aliphatic carbocycles. The number of ether oxygens (including phenoxy) is 1. The summed E-state index contributed by atoms with van der Waals surface area (Å²) in [5.41, 5.74) is 0. The maximum absolute atomic E-state index is 12.3. The predicted molar refractivity (Wildman–Crippen MR) is 84.9 cm³/mol. The maximum Gasteiger partial charge on any atom is 0.312 e. The Morgan fingerprint density at radius 1 is 0.833 bits per heavy atom. The van der Waals surface area contributed by atoms with Crippen LogP contribution >= 0.6 is 0 Å². The van der Waals surface area contributed by atoms with Crippen molar-refractivity contribution >= 4 is 27.6 Å². The first-order valence-electron chi connectivity index (χ1n) is 7.85. The highest BCUT2D eigenvalue weighted by atomic mass is 32.2. The van der Waals surface area contributed by atoms with Crippen molar-refractivity contribution in [3.05, 3.63) is 0 Å². The van der Waals surface area contributed by atoms with Gasteiger partial charge in [0.2, 0.25) is 5.91 Å². The molecule has 2 aliphatic heterocycles. The van der Waals surface area contributed by atoms with Gasteiger partial charge in [0.05, 0.1) is 13.2 Å². The molecule has 0 N–H and O–H groups in total. The molecule has 2 fully saturated rings. The molecule has 10 heteroatoms. The number of nitrogens with zero attached hydrogens (tertiary/aromatic N) is 3. The number of carbonyl (C=O) groups excluding carboxylic acids is 3. The summed E-state index contributed by atoms with van der Waals surface area (Å²) in [5.74, 6) is -1.60. The SMILES string of the molecule is C[C@H](C(=O)N1CCN(C(=O)C(=O)N2CCOCC2)CC1)S(C)(=O)=O. The van der Waals surface area contributed by atoms with Gasteiger partial charge in [-0.3, -0.25) is 14.4 Å². The predicted octanol–water partition coefficient (Wildman–Crippen LogP) is -2.05. The van der Waals surface area contributed by atoms with Crippen LogP contribution < -0.4 is 0 Å². The Labute approximate surface area is 141 Å². The molecule has 2 aliphatic rings. The summed E-state index contributed by atoms with van der Waals surface area (Å²) in [5, 5.41) is -1.10. The van der Waals surface area contributed by atoms with E-state index < -0.39 is 32.8 Å². The van der Waals surface area contributed by atoms with Crippen LogP contribution in [0.3, 0.4) is 0 Å². The molecule has 0 aromatic heterocycles. The van der Waals surface area contributed by atoms with Gasteiger partial charge < -0.3 is 19.4 Å². The van der Waals surface area contributed by atoms with Crippen LogP contribution in [0.2, 0.25) is 0 Å². The van der Waals surface area contributed by atoms with Crippen LogP contribution in [0.1, 0.15) is 6.92 Å². The van der Waals surface area contributed by atoms with Crippen LogP contribution in [0.4, 0.5) is 0 Å². The molecule has 0 spiro atoms. The molecule has 136 valence electrons. The van der Waals surface area contributed by atoms with E-state index >= 15 is 0 Å². The topological polar surface area (TPSA) is 104 Å². The van der Waals surface area contributed by atoms with Crippen LogP contribution in [0.15, 0.2) is 0 Å². The number of hydrogen-bond acceptors (Lipinski definition) is 6. The number of rotatable bonds is 2. The molecule has 0 aromatic carbocycles. The Balaban J connectivity index is 1.89. The van der Waals surface area contributed by atoms with E-state index in [4.69, 9.17) is 4.74 Å². The van der Waals surface area contributed by atoms with Crippen molar-refractivity contribution in [2.24, 2.45) is 0 Å². The van der Waals surface area contributed by atoms with Gasteiger partial charge in [-0.15, -0.1) is 0 Å². The minimum atomic E-state index is -3.45. The summed E-state index contributed by atoms with van der Waals surface area (Å²) in [6, 6.07) is 0. The lowest BCUT2D eigenvalue weighted by Gasteiger charge is -2.36. The van der Waals surface area contributed by atoms with Crippen LogP contribution in [0, 0.1) is 0 Å². The second kappa shape index (κ2) is 7.47. The summed E-state index contributed by atoms with van der Waals surface area (Å²) in [7, 11) is -3.45. The average Bonchev–Trinajstić information content (AvgIpc) is 2.59. The minimum absolute atomic E-state index is 0.219. The van der Waals surface area contributed by atoms with Crippen molar-refractivity contribution < 1.29 is 27.5 Å². The third-order valence-corrected chi connectivity index (χ3v) is 5.84. The number of morpholine rings is 1. The van der Waals surface area contributed by atoms with Gasteiger partial charge in [0.15, 0.2) is 9.84 Å². The van der Waals surface area contributed by atoms with Crippen molar-refractivity contribution in [3.8, 4) is 0 Å². The molecule has 0 aromatic rings. The van der Waals surface area contributed by atoms with E-state index in [0.29, 0.717) is 26.3 Å². The zero-order valence-electron chi connectivity index (χ0n) is 13.9. The summed E-state index contributed by atoms with van der Waals surface area (Å²) >= 11 is 0. The van der Waals surface area contributed by atoms with Crippen molar-refractivity contribution in [2.75, 3.05) is 58.7 Å². The van der Waals surface area contributed by atoms with Crippen LogP contribution in [0.5, 0.6) is 0 Å². The largest absolute Gasteiger partial charge is 0.378 e. The lowest BCUT2D eigenvalue weighted by atomic mass is 10.2. The fourth-order valence-corrected chi connectivity index (χ4v) is 3.12. The second-order valence-electron chi connectivity index (χ2n) is 5.99. The number of sulfone groups is 1. The van der Waals surface area contributed by atoms with Crippen molar-refractivity contribution in [2.45, 2.75) is 12.2 Å². The molecule has 2 saturated heterocycles. The molecule has 0 unspecified atom stereocenters. The quantitative estimate of drug-likeness (QED) is 0.524. The molecule has 0 saturated carbocycles. The van der Waals surface area contributed by atoms with Gasteiger partial charge in [0.25, 0.3) is 0 Å². The summed E-state index contributed by atoms with van der Waals surface area (Å²) in [6.45, 7) is 3.88. The van der Waals surface area contributed by atoms with Gasteiger partial charge in [-0.25, -0.2) is 8.42 Å². The molecular weight excluding hydrogens is 338 g/mol. The van der Waals surface area contributed by atoms with E-state index in [2.05, 4.69) is 0 Å². The molecule has 24 heavy (non-hydrogen) atoms. The Bertz CT molecular complexity index is 606. The smallest absolute Gasteiger partial charge is 0.312 e. The highest BCUT2D eigenvalue weighted by molar-refractivity contribution is 7.92. The lowest BCUT2D eigenvalue weighted by Crippen LogP contribution is -2.56. The average molecular weight is 361 g/mol. The van der Waals surface area contributed by atoms with Crippen LogP contribution in [-0.4, -0.2) is 105 Å². The van der Waals surface area contributed by atoms with E-state index in [1.54, 1.807) is 0 Å². The van der Waals surface area contributed by atoms with Crippen LogP contribution in [0.25, 0.3) is 0 Å². The molecule has 0 radical (unpaired) electrons. The van der Waals surface area contributed by atoms with E-state index in [1.807, 2.05) is 0 Å². The highest BCUT2D eigenvalue weighted by Gasteiger charge is 2.34. The molecule has 2 heterocycles. The first-order valence-corrected chi connectivity index (χ1v) is 9.81. The number of amides is 3. The number of hydrogen-bond donors (Lipinski definition) is 0. The standard InChI is InChI=1S/C14H23N3O6S/c1-11(24(2,21)22)12(18)15-3-5-16(6-4-15)13(19)14(20)17-7-9-23-10-8-17/h11H,3-10H2,1-2H3/t11-/m1/s1. The minimum Gasteiger partial charge on any atom is -0.378 e. The van der Waals surface area contributed by atoms with Crippen molar-refractivity contribution in [1.82, 2.24) is 14.7 Å². The normalized spacial score (nSPS) is 20.7. The first-order chi connectivity index (χ1) is 11.2. The zero-order valence-corrected chi connectivity index (χ0v) is 14.8. The van der Waals surface area contributed by atoms with Gasteiger partial charge in [-0.05, 0) is 6.92 Å². The molecule has 3 amide bonds. The summed E-state index contributed by atoms with van der Waals surface area (Å²) < 4.78 is 28.1. The van der Waals surface area contributed by atoms with E-state index in [-0.39, 0.29) is 26.2 Å². The van der Waals surface area contributed by atoms with E-state index in [0.717, 1.165) is 6.26 Å². The summed E-state index contributed by atoms with van der Waals surface area (Å²) in [6.07, 6.45) is 1.02. The molecule has 1 atom stereocenters. The summed E-state index contributed by atoms with van der Waals surface area (Å²) in [4.78, 5) is 40.9. The monoisotopic (exact) mass is 361 g/mol. The molecular formula is C14H23N3O6S. The highest BCUT2D eigenvalue weighted by Crippen LogP contribution is 2.10. The zero-order chi connectivity index (χ0) is 17.9. The fourth-order valence-electron chi connectivity index (χ4n) is 2.61. The third-order valence-electron chi connectivity index (χ3n) is 4.35. The van der Waals surface area contributed by atoms with Crippen molar-refractivity contribution in [1.29, 1.82) is 0 Å². The second-order valence-corrected chi connectivity index (χ2v) is 8.36. The Morgan fingerprint density at radius 3 is 1.71 bits per heavy atom. The number of carbonyl (C=O) groups is 3. The van der Waals surface area contributed by atoms with Gasteiger partial charge >= 0.3 is 11.8 Å². The Morgan fingerprint density at radius 2 is 1.25 bits per heavy atom. The van der Waals surface area contributed by atoms with Gasteiger partial charge in [-0.2, -0.15) is 0 Å². The molecule has 2 rings (SSSR count). The Kier molecular flexibility index (Phi) is 5.81. The van der Waals surface area contributed by atoms with Crippen molar-refractivity contribution in [3.63, 3.8) is 0 Å². The van der Waals surface area contributed by atoms with Crippen LogP contribution in [-0.2, 0) is 29.0 Å². The number of piperazine rings is 1. The molecule has 9 nitrogen and oxygen atoms in total. The van der Waals surface area contributed by atoms with Gasteiger partial charge in [-0.1, -0.05) is 0 Å². The van der Waals surface area contributed by atoms with Gasteiger partial charge in [0.1, 0.15) is 5.25 Å². The maximum atomic E-state index is 12.3.